The van der Waals surface area contributed by atoms with Gasteiger partial charge >= 0.3 is 0 Å². The summed E-state index contributed by atoms with van der Waals surface area (Å²) < 4.78 is 24.7. The first kappa shape index (κ1) is 13.8. The Hall–Kier alpha value is -1.65. The van der Waals surface area contributed by atoms with E-state index in [1.54, 1.807) is 24.3 Å². The minimum Gasteiger partial charge on any atom is -0.395 e. The summed E-state index contributed by atoms with van der Waals surface area (Å²) in [4.78, 5) is 0. The van der Waals surface area contributed by atoms with Crippen molar-refractivity contribution in [1.82, 2.24) is 0 Å². The van der Waals surface area contributed by atoms with E-state index in [9.17, 15) is 8.42 Å². The van der Waals surface area contributed by atoms with Crippen molar-refractivity contribution in [2.75, 3.05) is 12.4 Å². The number of rotatable bonds is 5. The van der Waals surface area contributed by atoms with Gasteiger partial charge < -0.3 is 5.11 Å². The number of aliphatic hydroxyl groups excluding tert-OH is 1. The van der Waals surface area contributed by atoms with Crippen molar-refractivity contribution in [3.63, 3.8) is 0 Å². The first-order chi connectivity index (χ1) is 9.15. The SMILES string of the molecule is O=S(=O)(CCO)C(c1ccccc1)c1ccccc1. The van der Waals surface area contributed by atoms with Crippen LogP contribution in [0.25, 0.3) is 0 Å². The summed E-state index contributed by atoms with van der Waals surface area (Å²) in [5.41, 5.74) is 1.45. The van der Waals surface area contributed by atoms with Crippen LogP contribution < -0.4 is 0 Å². The molecule has 1 N–H and O–H groups in total. The third-order valence-corrected chi connectivity index (χ3v) is 4.95. The van der Waals surface area contributed by atoms with Crippen LogP contribution in [0.4, 0.5) is 0 Å². The van der Waals surface area contributed by atoms with Gasteiger partial charge in [-0.05, 0) is 11.1 Å². The molecule has 0 spiro atoms. The van der Waals surface area contributed by atoms with Gasteiger partial charge in [0.25, 0.3) is 0 Å². The molecule has 0 unspecified atom stereocenters. The third-order valence-electron chi connectivity index (χ3n) is 2.94. The van der Waals surface area contributed by atoms with Crippen LogP contribution in [0.5, 0.6) is 0 Å². The number of benzene rings is 2. The van der Waals surface area contributed by atoms with E-state index in [1.807, 2.05) is 36.4 Å². The zero-order valence-corrected chi connectivity index (χ0v) is 11.3. The summed E-state index contributed by atoms with van der Waals surface area (Å²) in [5.74, 6) is -0.235. The smallest absolute Gasteiger partial charge is 0.163 e. The quantitative estimate of drug-likeness (QED) is 0.910. The molecule has 0 bridgehead atoms. The molecular formula is C15H16O3S. The number of sulfone groups is 1. The van der Waals surface area contributed by atoms with Crippen molar-refractivity contribution >= 4 is 9.84 Å². The standard InChI is InChI=1S/C15H16O3S/c16-11-12-19(17,18)15(13-7-3-1-4-8-13)14-9-5-2-6-10-14/h1-10,15-16H,11-12H2. The highest BCUT2D eigenvalue weighted by atomic mass is 32.2. The van der Waals surface area contributed by atoms with Crippen molar-refractivity contribution in [3.05, 3.63) is 71.8 Å². The topological polar surface area (TPSA) is 54.4 Å². The molecule has 0 radical (unpaired) electrons. The van der Waals surface area contributed by atoms with E-state index in [4.69, 9.17) is 5.11 Å². The number of hydrogen-bond acceptors (Lipinski definition) is 3. The van der Waals surface area contributed by atoms with E-state index >= 15 is 0 Å². The summed E-state index contributed by atoms with van der Waals surface area (Å²) in [6, 6.07) is 18.2. The van der Waals surface area contributed by atoms with Crippen molar-refractivity contribution in [1.29, 1.82) is 0 Å². The van der Waals surface area contributed by atoms with Gasteiger partial charge in [0, 0.05) is 0 Å². The zero-order chi connectivity index (χ0) is 13.7. The Balaban J connectivity index is 2.52. The average molecular weight is 276 g/mol. The summed E-state index contributed by atoms with van der Waals surface area (Å²) in [7, 11) is -3.43. The predicted molar refractivity (Wildman–Crippen MR) is 75.6 cm³/mol. The highest BCUT2D eigenvalue weighted by molar-refractivity contribution is 7.91. The molecule has 2 rings (SSSR count). The fourth-order valence-electron chi connectivity index (χ4n) is 2.11. The number of hydrogen-bond donors (Lipinski definition) is 1. The first-order valence-corrected chi connectivity index (χ1v) is 7.79. The van der Waals surface area contributed by atoms with E-state index in [2.05, 4.69) is 0 Å². The summed E-state index contributed by atoms with van der Waals surface area (Å²) in [5, 5.41) is 8.25. The van der Waals surface area contributed by atoms with Crippen LogP contribution in [-0.4, -0.2) is 25.9 Å². The maximum atomic E-state index is 12.4. The van der Waals surface area contributed by atoms with E-state index in [0.717, 1.165) is 11.1 Å². The highest BCUT2D eigenvalue weighted by Gasteiger charge is 2.28. The lowest BCUT2D eigenvalue weighted by Crippen LogP contribution is -2.20. The molecule has 0 saturated heterocycles. The van der Waals surface area contributed by atoms with Crippen molar-refractivity contribution < 1.29 is 13.5 Å². The Morgan fingerprint density at radius 2 is 1.26 bits per heavy atom. The molecule has 0 amide bonds. The molecule has 100 valence electrons. The molecule has 0 aromatic heterocycles. The first-order valence-electron chi connectivity index (χ1n) is 6.07. The van der Waals surface area contributed by atoms with Gasteiger partial charge in [0.05, 0.1) is 12.4 Å². The Kier molecular flexibility index (Phi) is 4.35. The van der Waals surface area contributed by atoms with Crippen LogP contribution >= 0.6 is 0 Å². The molecule has 0 saturated carbocycles. The van der Waals surface area contributed by atoms with Crippen LogP contribution in [0.15, 0.2) is 60.7 Å². The van der Waals surface area contributed by atoms with E-state index in [-0.39, 0.29) is 12.4 Å². The third kappa shape index (κ3) is 3.22. The van der Waals surface area contributed by atoms with Gasteiger partial charge in [-0.25, -0.2) is 8.42 Å². The van der Waals surface area contributed by atoms with Gasteiger partial charge in [0.15, 0.2) is 9.84 Å². The van der Waals surface area contributed by atoms with Crippen LogP contribution in [0.1, 0.15) is 16.4 Å². The van der Waals surface area contributed by atoms with Gasteiger partial charge in [-0.1, -0.05) is 60.7 Å². The Bertz CT molecular complexity index is 567. The molecule has 0 heterocycles. The maximum Gasteiger partial charge on any atom is 0.163 e. The summed E-state index contributed by atoms with van der Waals surface area (Å²) in [6.07, 6.45) is 0. The van der Waals surface area contributed by atoms with E-state index < -0.39 is 15.1 Å². The normalized spacial score (nSPS) is 11.7. The largest absolute Gasteiger partial charge is 0.395 e. The lowest BCUT2D eigenvalue weighted by Gasteiger charge is -2.18. The van der Waals surface area contributed by atoms with Gasteiger partial charge in [-0.3, -0.25) is 0 Å². The molecular weight excluding hydrogens is 260 g/mol. The molecule has 4 heteroatoms. The van der Waals surface area contributed by atoms with Crippen LogP contribution in [0.3, 0.4) is 0 Å². The average Bonchev–Trinajstić information content (AvgIpc) is 2.41. The second-order valence-corrected chi connectivity index (χ2v) is 6.50. The second-order valence-electron chi connectivity index (χ2n) is 4.29. The minimum atomic E-state index is -3.43. The van der Waals surface area contributed by atoms with E-state index in [1.165, 1.54) is 0 Å². The minimum absolute atomic E-state index is 0.235. The molecule has 2 aromatic rings. The molecule has 0 aliphatic heterocycles. The van der Waals surface area contributed by atoms with Gasteiger partial charge in [-0.2, -0.15) is 0 Å². The maximum absolute atomic E-state index is 12.4. The van der Waals surface area contributed by atoms with Gasteiger partial charge in [0.2, 0.25) is 0 Å². The molecule has 19 heavy (non-hydrogen) atoms. The Labute approximate surface area is 113 Å². The van der Waals surface area contributed by atoms with Crippen LogP contribution in [-0.2, 0) is 9.84 Å². The van der Waals surface area contributed by atoms with Crippen LogP contribution in [0.2, 0.25) is 0 Å². The van der Waals surface area contributed by atoms with Crippen LogP contribution in [0, 0.1) is 0 Å². The van der Waals surface area contributed by atoms with Crippen molar-refractivity contribution in [2.45, 2.75) is 5.25 Å². The zero-order valence-electron chi connectivity index (χ0n) is 10.4. The van der Waals surface area contributed by atoms with Gasteiger partial charge in [0.1, 0.15) is 5.25 Å². The predicted octanol–water partition coefficient (Wildman–Crippen LogP) is 2.18. The summed E-state index contributed by atoms with van der Waals surface area (Å²) >= 11 is 0. The fourth-order valence-corrected chi connectivity index (χ4v) is 3.74. The van der Waals surface area contributed by atoms with E-state index in [0.29, 0.717) is 0 Å². The lowest BCUT2D eigenvalue weighted by atomic mass is 10.0. The monoisotopic (exact) mass is 276 g/mol. The molecule has 0 fully saturated rings. The molecule has 0 atom stereocenters. The highest BCUT2D eigenvalue weighted by Crippen LogP contribution is 2.30. The molecule has 3 nitrogen and oxygen atoms in total. The molecule has 2 aromatic carbocycles. The molecule has 0 aliphatic rings. The summed E-state index contributed by atoms with van der Waals surface area (Å²) in [6.45, 7) is -0.363. The van der Waals surface area contributed by atoms with Crippen molar-refractivity contribution in [3.8, 4) is 0 Å². The number of aliphatic hydroxyl groups is 1. The fraction of sp³-hybridized carbons (Fsp3) is 0.200. The second kappa shape index (κ2) is 5.99. The van der Waals surface area contributed by atoms with Gasteiger partial charge in [-0.15, -0.1) is 0 Å². The van der Waals surface area contributed by atoms with Crippen molar-refractivity contribution in [2.24, 2.45) is 0 Å². The lowest BCUT2D eigenvalue weighted by molar-refractivity contribution is 0.319. The Morgan fingerprint density at radius 1 is 0.842 bits per heavy atom. The molecule has 0 aliphatic carbocycles. The Morgan fingerprint density at radius 3 is 1.63 bits per heavy atom.